The van der Waals surface area contributed by atoms with Gasteiger partial charge < -0.3 is 14.8 Å². The lowest BCUT2D eigenvalue weighted by Crippen LogP contribution is -2.28. The quantitative estimate of drug-likeness (QED) is 0.766. The summed E-state index contributed by atoms with van der Waals surface area (Å²) in [6.07, 6.45) is 1.42. The molecule has 1 aromatic heterocycles. The maximum atomic E-state index is 5.74. The van der Waals surface area contributed by atoms with E-state index in [2.05, 4.69) is 15.3 Å². The van der Waals surface area contributed by atoms with Crippen molar-refractivity contribution in [2.45, 2.75) is 6.04 Å². The van der Waals surface area contributed by atoms with Crippen LogP contribution in [-0.2, 0) is 9.47 Å². The molecule has 2 heterocycles. The molecule has 5 nitrogen and oxygen atoms in total. The van der Waals surface area contributed by atoms with Crippen molar-refractivity contribution in [2.75, 3.05) is 31.7 Å². The summed E-state index contributed by atoms with van der Waals surface area (Å²) in [7, 11) is 0. The van der Waals surface area contributed by atoms with Crippen molar-refractivity contribution in [2.24, 2.45) is 0 Å². The summed E-state index contributed by atoms with van der Waals surface area (Å²) >= 11 is 5.74. The second kappa shape index (κ2) is 5.25. The number of anilines is 1. The zero-order valence-electron chi connectivity index (χ0n) is 8.15. The molecule has 0 radical (unpaired) electrons. The van der Waals surface area contributed by atoms with Gasteiger partial charge in [0.1, 0.15) is 17.3 Å². The molecule has 15 heavy (non-hydrogen) atoms. The predicted octanol–water partition coefficient (Wildman–Crippen LogP) is 0.957. The highest BCUT2D eigenvalue weighted by atomic mass is 35.5. The van der Waals surface area contributed by atoms with Gasteiger partial charge in [-0.3, -0.25) is 0 Å². The van der Waals surface area contributed by atoms with Gasteiger partial charge in [0.2, 0.25) is 0 Å². The highest BCUT2D eigenvalue weighted by Crippen LogP contribution is 2.10. The predicted molar refractivity (Wildman–Crippen MR) is 56.1 cm³/mol. The van der Waals surface area contributed by atoms with Crippen LogP contribution in [0, 0.1) is 0 Å². The van der Waals surface area contributed by atoms with Gasteiger partial charge in [-0.1, -0.05) is 11.6 Å². The van der Waals surface area contributed by atoms with Crippen molar-refractivity contribution in [3.63, 3.8) is 0 Å². The van der Waals surface area contributed by atoms with Crippen molar-refractivity contribution in [3.05, 3.63) is 17.5 Å². The molecule has 1 fully saturated rings. The molecular formula is C9H12ClN3O2. The standard InChI is InChI=1S/C9H12ClN3O2/c10-8-3-9(12-6-11-8)13-7-4-14-1-2-15-5-7/h3,6-7H,1-2,4-5H2,(H,11,12,13). The highest BCUT2D eigenvalue weighted by Gasteiger charge is 2.13. The van der Waals surface area contributed by atoms with Crippen molar-refractivity contribution in [3.8, 4) is 0 Å². The summed E-state index contributed by atoms with van der Waals surface area (Å²) in [6.45, 7) is 2.51. The number of halogens is 1. The SMILES string of the molecule is Clc1cc(NC2COCCOC2)ncn1. The zero-order valence-corrected chi connectivity index (χ0v) is 8.91. The fourth-order valence-electron chi connectivity index (χ4n) is 1.32. The third-order valence-electron chi connectivity index (χ3n) is 2.00. The summed E-state index contributed by atoms with van der Waals surface area (Å²) in [6, 6.07) is 1.78. The fraction of sp³-hybridized carbons (Fsp3) is 0.556. The van der Waals surface area contributed by atoms with Crippen LogP contribution in [0.25, 0.3) is 0 Å². The fourth-order valence-corrected chi connectivity index (χ4v) is 1.47. The molecule has 1 aliphatic heterocycles. The van der Waals surface area contributed by atoms with E-state index in [1.807, 2.05) is 0 Å². The van der Waals surface area contributed by atoms with Crippen LogP contribution >= 0.6 is 11.6 Å². The Morgan fingerprint density at radius 1 is 1.27 bits per heavy atom. The molecule has 0 spiro atoms. The summed E-state index contributed by atoms with van der Waals surface area (Å²) < 4.78 is 10.7. The number of nitrogens with one attached hydrogen (secondary N) is 1. The molecule has 1 saturated heterocycles. The van der Waals surface area contributed by atoms with Crippen molar-refractivity contribution in [1.82, 2.24) is 9.97 Å². The number of aromatic nitrogens is 2. The van der Waals surface area contributed by atoms with Crippen LogP contribution in [0.15, 0.2) is 12.4 Å². The van der Waals surface area contributed by atoms with Gasteiger partial charge in [0, 0.05) is 6.07 Å². The van der Waals surface area contributed by atoms with Gasteiger partial charge in [0.15, 0.2) is 0 Å². The summed E-state index contributed by atoms with van der Waals surface area (Å²) in [5, 5.41) is 3.60. The normalized spacial score (nSPS) is 18.5. The third kappa shape index (κ3) is 3.30. The van der Waals surface area contributed by atoms with Crippen LogP contribution in [0.1, 0.15) is 0 Å². The lowest BCUT2D eigenvalue weighted by molar-refractivity contribution is 0.103. The van der Waals surface area contributed by atoms with Gasteiger partial charge in [-0.15, -0.1) is 0 Å². The lowest BCUT2D eigenvalue weighted by atomic mass is 10.3. The number of rotatable bonds is 2. The molecule has 0 atom stereocenters. The van der Waals surface area contributed by atoms with Crippen LogP contribution in [-0.4, -0.2) is 42.4 Å². The lowest BCUT2D eigenvalue weighted by Gasteiger charge is -2.15. The number of hydrogen-bond donors (Lipinski definition) is 1. The second-order valence-electron chi connectivity index (χ2n) is 3.22. The van der Waals surface area contributed by atoms with Crippen molar-refractivity contribution >= 4 is 17.4 Å². The Morgan fingerprint density at radius 3 is 2.67 bits per heavy atom. The Bertz CT molecular complexity index is 316. The Labute approximate surface area is 92.8 Å². The van der Waals surface area contributed by atoms with E-state index in [0.717, 1.165) is 0 Å². The first-order valence-electron chi connectivity index (χ1n) is 4.74. The Kier molecular flexibility index (Phi) is 3.71. The first kappa shape index (κ1) is 10.6. The molecule has 1 aliphatic rings. The maximum Gasteiger partial charge on any atom is 0.134 e. The Morgan fingerprint density at radius 2 is 2.00 bits per heavy atom. The molecule has 0 saturated carbocycles. The van der Waals surface area contributed by atoms with Gasteiger partial charge in [-0.05, 0) is 0 Å². The van der Waals surface area contributed by atoms with E-state index in [1.165, 1.54) is 6.33 Å². The maximum absolute atomic E-state index is 5.74. The Balaban J connectivity index is 1.95. The largest absolute Gasteiger partial charge is 0.377 e. The molecule has 0 unspecified atom stereocenters. The van der Waals surface area contributed by atoms with Crippen LogP contribution in [0.3, 0.4) is 0 Å². The summed E-state index contributed by atoms with van der Waals surface area (Å²) in [5.74, 6) is 0.689. The molecule has 6 heteroatoms. The van der Waals surface area contributed by atoms with Gasteiger partial charge >= 0.3 is 0 Å². The molecular weight excluding hydrogens is 218 g/mol. The first-order valence-corrected chi connectivity index (χ1v) is 5.12. The number of ether oxygens (including phenoxy) is 2. The van der Waals surface area contributed by atoms with E-state index in [1.54, 1.807) is 6.07 Å². The van der Waals surface area contributed by atoms with E-state index < -0.39 is 0 Å². The van der Waals surface area contributed by atoms with E-state index in [4.69, 9.17) is 21.1 Å². The molecule has 0 bridgehead atoms. The summed E-state index contributed by atoms with van der Waals surface area (Å²) in [4.78, 5) is 7.85. The Hall–Kier alpha value is -0.910. The highest BCUT2D eigenvalue weighted by molar-refractivity contribution is 6.29. The van der Waals surface area contributed by atoms with Gasteiger partial charge in [0.25, 0.3) is 0 Å². The minimum Gasteiger partial charge on any atom is -0.377 e. The van der Waals surface area contributed by atoms with E-state index in [9.17, 15) is 0 Å². The number of hydrogen-bond acceptors (Lipinski definition) is 5. The summed E-state index contributed by atoms with van der Waals surface area (Å²) in [5.41, 5.74) is 0. The van der Waals surface area contributed by atoms with Crippen LogP contribution in [0.2, 0.25) is 5.15 Å². The van der Waals surface area contributed by atoms with Crippen LogP contribution < -0.4 is 5.32 Å². The zero-order chi connectivity index (χ0) is 10.5. The smallest absolute Gasteiger partial charge is 0.134 e. The molecule has 82 valence electrons. The average Bonchev–Trinajstić information content (AvgIpc) is 2.46. The molecule has 2 rings (SSSR count). The van der Waals surface area contributed by atoms with E-state index in [0.29, 0.717) is 37.4 Å². The van der Waals surface area contributed by atoms with Gasteiger partial charge in [0.05, 0.1) is 32.5 Å². The topological polar surface area (TPSA) is 56.3 Å². The molecule has 1 aromatic rings. The van der Waals surface area contributed by atoms with Crippen molar-refractivity contribution < 1.29 is 9.47 Å². The molecule has 1 N–H and O–H groups in total. The van der Waals surface area contributed by atoms with Gasteiger partial charge in [-0.2, -0.15) is 0 Å². The molecule has 0 amide bonds. The monoisotopic (exact) mass is 229 g/mol. The van der Waals surface area contributed by atoms with E-state index >= 15 is 0 Å². The van der Waals surface area contributed by atoms with Crippen molar-refractivity contribution in [1.29, 1.82) is 0 Å². The number of nitrogens with zero attached hydrogens (tertiary/aromatic N) is 2. The first-order chi connectivity index (χ1) is 7.34. The minimum atomic E-state index is 0.110. The average molecular weight is 230 g/mol. The third-order valence-corrected chi connectivity index (χ3v) is 2.20. The second-order valence-corrected chi connectivity index (χ2v) is 3.60. The molecule has 0 aliphatic carbocycles. The molecule has 0 aromatic carbocycles. The van der Waals surface area contributed by atoms with Crippen LogP contribution in [0.4, 0.5) is 5.82 Å². The van der Waals surface area contributed by atoms with Crippen LogP contribution in [0.5, 0.6) is 0 Å². The van der Waals surface area contributed by atoms with Gasteiger partial charge in [-0.25, -0.2) is 9.97 Å². The minimum absolute atomic E-state index is 0.110. The van der Waals surface area contributed by atoms with E-state index in [-0.39, 0.29) is 6.04 Å².